The van der Waals surface area contributed by atoms with Crippen molar-refractivity contribution in [2.75, 3.05) is 38.7 Å². The summed E-state index contributed by atoms with van der Waals surface area (Å²) in [6.45, 7) is 5.54. The predicted molar refractivity (Wildman–Crippen MR) is 125 cm³/mol. The first-order valence-corrected chi connectivity index (χ1v) is 12.1. The van der Waals surface area contributed by atoms with Crippen LogP contribution in [-0.4, -0.2) is 52.0 Å². The van der Waals surface area contributed by atoms with Crippen LogP contribution in [0.5, 0.6) is 5.75 Å². The molecule has 0 aliphatic carbocycles. The van der Waals surface area contributed by atoms with Gasteiger partial charge in [-0.15, -0.1) is 0 Å². The number of carbonyl (C=O) groups excluding carboxylic acids is 1. The van der Waals surface area contributed by atoms with Crippen molar-refractivity contribution < 1.29 is 22.7 Å². The maximum absolute atomic E-state index is 13.1. The number of ether oxygens (including phenoxy) is 2. The number of sulfonamides is 1. The van der Waals surface area contributed by atoms with Crippen LogP contribution >= 0.6 is 0 Å². The van der Waals surface area contributed by atoms with E-state index in [0.717, 1.165) is 17.7 Å². The summed E-state index contributed by atoms with van der Waals surface area (Å²) in [5, 5.41) is 2.92. The molecule has 0 radical (unpaired) electrons. The van der Waals surface area contributed by atoms with Gasteiger partial charge in [0, 0.05) is 24.9 Å². The molecule has 1 atom stereocenters. The minimum absolute atomic E-state index is 0.0755. The Morgan fingerprint density at radius 2 is 1.94 bits per heavy atom. The highest BCUT2D eigenvalue weighted by Crippen LogP contribution is 2.29. The molecule has 1 N–H and O–H groups in total. The van der Waals surface area contributed by atoms with E-state index in [1.165, 1.54) is 23.6 Å². The van der Waals surface area contributed by atoms with E-state index in [0.29, 0.717) is 37.8 Å². The zero-order valence-electron chi connectivity index (χ0n) is 18.7. The molecule has 2 aromatic rings. The fourth-order valence-corrected chi connectivity index (χ4v) is 5.13. The number of carbonyl (C=O) groups is 1. The molecule has 0 unspecified atom stereocenters. The normalized spacial score (nSPS) is 16.1. The van der Waals surface area contributed by atoms with Crippen LogP contribution in [0.25, 0.3) is 6.08 Å². The maximum atomic E-state index is 13.1. The molecule has 1 amide bonds. The van der Waals surface area contributed by atoms with Gasteiger partial charge in [-0.1, -0.05) is 38.1 Å². The predicted octanol–water partition coefficient (Wildman–Crippen LogP) is 3.88. The number of morpholine rings is 1. The van der Waals surface area contributed by atoms with Gasteiger partial charge in [0.25, 0.3) is 0 Å². The van der Waals surface area contributed by atoms with Crippen molar-refractivity contribution in [3.63, 3.8) is 0 Å². The Morgan fingerprint density at radius 1 is 1.22 bits per heavy atom. The SMILES string of the molecule is CC[C@H](C)c1ccccc1NC(=O)/C=C/c1ccc(OC)c(S(=O)(=O)N2CCOCC2)c1. The van der Waals surface area contributed by atoms with Crippen LogP contribution in [0.3, 0.4) is 0 Å². The maximum Gasteiger partial charge on any atom is 0.248 e. The quantitative estimate of drug-likeness (QED) is 0.607. The van der Waals surface area contributed by atoms with Gasteiger partial charge in [0.05, 0.1) is 20.3 Å². The number of anilines is 1. The zero-order valence-corrected chi connectivity index (χ0v) is 19.5. The van der Waals surface area contributed by atoms with E-state index in [1.807, 2.05) is 24.3 Å². The Bertz CT molecular complexity index is 1080. The monoisotopic (exact) mass is 458 g/mol. The van der Waals surface area contributed by atoms with Crippen LogP contribution in [-0.2, 0) is 19.6 Å². The molecule has 172 valence electrons. The van der Waals surface area contributed by atoms with Gasteiger partial charge in [0.2, 0.25) is 15.9 Å². The van der Waals surface area contributed by atoms with E-state index in [2.05, 4.69) is 19.2 Å². The number of para-hydroxylation sites is 1. The summed E-state index contributed by atoms with van der Waals surface area (Å²) in [7, 11) is -2.30. The Hall–Kier alpha value is -2.68. The summed E-state index contributed by atoms with van der Waals surface area (Å²) in [4.78, 5) is 12.6. The molecule has 0 bridgehead atoms. The van der Waals surface area contributed by atoms with Crippen LogP contribution < -0.4 is 10.1 Å². The molecule has 1 heterocycles. The van der Waals surface area contributed by atoms with Crippen LogP contribution in [0.2, 0.25) is 0 Å². The van der Waals surface area contributed by atoms with E-state index in [1.54, 1.807) is 18.2 Å². The molecule has 0 saturated carbocycles. The first kappa shape index (κ1) is 24.0. The van der Waals surface area contributed by atoms with Crippen molar-refractivity contribution in [1.82, 2.24) is 4.31 Å². The molecule has 1 saturated heterocycles. The summed E-state index contributed by atoms with van der Waals surface area (Å²) < 4.78 is 38.2. The lowest BCUT2D eigenvalue weighted by atomic mass is 9.97. The highest BCUT2D eigenvalue weighted by Gasteiger charge is 2.29. The second-order valence-electron chi connectivity index (χ2n) is 7.65. The van der Waals surface area contributed by atoms with Crippen LogP contribution in [0.4, 0.5) is 5.69 Å². The molecule has 2 aromatic carbocycles. The lowest BCUT2D eigenvalue weighted by Gasteiger charge is -2.26. The molecule has 0 spiro atoms. The first-order chi connectivity index (χ1) is 15.4. The Kier molecular flexibility index (Phi) is 8.06. The van der Waals surface area contributed by atoms with Gasteiger partial charge >= 0.3 is 0 Å². The molecule has 1 fully saturated rings. The van der Waals surface area contributed by atoms with Crippen molar-refractivity contribution in [3.8, 4) is 5.75 Å². The number of rotatable bonds is 8. The second-order valence-corrected chi connectivity index (χ2v) is 9.55. The molecular weight excluding hydrogens is 428 g/mol. The number of benzene rings is 2. The molecule has 1 aliphatic rings. The van der Waals surface area contributed by atoms with Gasteiger partial charge in [0.15, 0.2) is 0 Å². The van der Waals surface area contributed by atoms with Crippen molar-refractivity contribution in [1.29, 1.82) is 0 Å². The standard InChI is InChI=1S/C24H30N2O5S/c1-4-18(2)20-7-5-6-8-21(20)25-24(27)12-10-19-9-11-22(30-3)23(17-19)32(28,29)26-13-15-31-16-14-26/h5-12,17-18H,4,13-16H2,1-3H3,(H,25,27)/b12-10+/t18-/m0/s1. The topological polar surface area (TPSA) is 84.9 Å². The average Bonchev–Trinajstić information content (AvgIpc) is 2.83. The highest BCUT2D eigenvalue weighted by molar-refractivity contribution is 7.89. The molecule has 3 rings (SSSR count). The third kappa shape index (κ3) is 5.56. The lowest BCUT2D eigenvalue weighted by Crippen LogP contribution is -2.40. The van der Waals surface area contributed by atoms with Crippen molar-refractivity contribution in [3.05, 3.63) is 59.7 Å². The van der Waals surface area contributed by atoms with Crippen LogP contribution in [0.15, 0.2) is 53.4 Å². The van der Waals surface area contributed by atoms with Gasteiger partial charge < -0.3 is 14.8 Å². The fraction of sp³-hybridized carbons (Fsp3) is 0.375. The summed E-state index contributed by atoms with van der Waals surface area (Å²) >= 11 is 0. The van der Waals surface area contributed by atoms with Crippen molar-refractivity contribution in [2.24, 2.45) is 0 Å². The molecule has 8 heteroatoms. The summed E-state index contributed by atoms with van der Waals surface area (Å²) in [5.74, 6) is 0.305. The number of nitrogens with one attached hydrogen (secondary N) is 1. The number of hydrogen-bond donors (Lipinski definition) is 1. The summed E-state index contributed by atoms with van der Waals surface area (Å²) in [5.41, 5.74) is 2.45. The molecule has 0 aromatic heterocycles. The minimum Gasteiger partial charge on any atom is -0.495 e. The zero-order chi connectivity index (χ0) is 23.1. The third-order valence-corrected chi connectivity index (χ3v) is 7.48. The van der Waals surface area contributed by atoms with Crippen molar-refractivity contribution in [2.45, 2.75) is 31.1 Å². The van der Waals surface area contributed by atoms with Crippen LogP contribution in [0.1, 0.15) is 37.3 Å². The van der Waals surface area contributed by atoms with E-state index in [4.69, 9.17) is 9.47 Å². The summed E-state index contributed by atoms with van der Waals surface area (Å²) in [6.07, 6.45) is 3.97. The Balaban J connectivity index is 1.81. The number of amides is 1. The molecule has 32 heavy (non-hydrogen) atoms. The van der Waals surface area contributed by atoms with Crippen molar-refractivity contribution >= 4 is 27.7 Å². The lowest BCUT2D eigenvalue weighted by molar-refractivity contribution is -0.111. The van der Waals surface area contributed by atoms with Gasteiger partial charge in [-0.25, -0.2) is 8.42 Å². The number of nitrogens with zero attached hydrogens (tertiary/aromatic N) is 1. The van der Waals surface area contributed by atoms with Gasteiger partial charge in [-0.3, -0.25) is 4.79 Å². The second kappa shape index (κ2) is 10.8. The first-order valence-electron chi connectivity index (χ1n) is 10.7. The minimum atomic E-state index is -3.74. The fourth-order valence-electron chi connectivity index (χ4n) is 3.53. The largest absolute Gasteiger partial charge is 0.495 e. The van der Waals surface area contributed by atoms with Gasteiger partial charge in [-0.2, -0.15) is 4.31 Å². The smallest absolute Gasteiger partial charge is 0.248 e. The van der Waals surface area contributed by atoms with Crippen LogP contribution in [0, 0.1) is 0 Å². The molecule has 7 nitrogen and oxygen atoms in total. The van der Waals surface area contributed by atoms with E-state index in [9.17, 15) is 13.2 Å². The summed E-state index contributed by atoms with van der Waals surface area (Å²) in [6, 6.07) is 12.6. The molecular formula is C24H30N2O5S. The molecule has 1 aliphatic heterocycles. The highest BCUT2D eigenvalue weighted by atomic mass is 32.2. The van der Waals surface area contributed by atoms with E-state index in [-0.39, 0.29) is 16.6 Å². The average molecular weight is 459 g/mol. The van der Waals surface area contributed by atoms with Gasteiger partial charge in [-0.05, 0) is 47.7 Å². The number of hydrogen-bond acceptors (Lipinski definition) is 5. The third-order valence-electron chi connectivity index (χ3n) is 5.56. The Labute approximate surface area is 190 Å². The van der Waals surface area contributed by atoms with Gasteiger partial charge in [0.1, 0.15) is 10.6 Å². The van der Waals surface area contributed by atoms with E-state index < -0.39 is 10.0 Å². The Morgan fingerprint density at radius 3 is 2.62 bits per heavy atom. The number of methoxy groups -OCH3 is 1. The van der Waals surface area contributed by atoms with E-state index >= 15 is 0 Å².